The van der Waals surface area contributed by atoms with Crippen LogP contribution in [0.1, 0.15) is 25.7 Å². The summed E-state index contributed by atoms with van der Waals surface area (Å²) in [6.07, 6.45) is 7.46. The average Bonchev–Trinajstić information content (AvgIpc) is 2.23. The Labute approximate surface area is 84.2 Å². The Bertz CT molecular complexity index is 268. The number of aromatic nitrogens is 1. The molecule has 1 fully saturated rings. The van der Waals surface area contributed by atoms with Gasteiger partial charge >= 0.3 is 0 Å². The molecule has 1 saturated carbocycles. The summed E-state index contributed by atoms with van der Waals surface area (Å²) in [5.74, 6) is 0. The lowest BCUT2D eigenvalue weighted by atomic mass is 9.93. The van der Waals surface area contributed by atoms with Gasteiger partial charge in [0, 0.05) is 24.1 Å². The summed E-state index contributed by atoms with van der Waals surface area (Å²) in [6, 6.07) is 4.47. The van der Waals surface area contributed by atoms with Crippen LogP contribution in [0.15, 0.2) is 24.5 Å². The molecule has 1 aliphatic carbocycles. The monoisotopic (exact) mass is 192 g/mol. The fraction of sp³-hybridized carbons (Fsp3) is 0.545. The highest BCUT2D eigenvalue weighted by atomic mass is 16.3. The van der Waals surface area contributed by atoms with E-state index in [4.69, 9.17) is 0 Å². The quantitative estimate of drug-likeness (QED) is 0.751. The minimum atomic E-state index is -0.0782. The first-order valence-electron chi connectivity index (χ1n) is 5.19. The molecule has 3 heteroatoms. The second-order valence-electron chi connectivity index (χ2n) is 3.89. The zero-order valence-electron chi connectivity index (χ0n) is 8.19. The van der Waals surface area contributed by atoms with E-state index in [1.165, 1.54) is 0 Å². The Kier molecular flexibility index (Phi) is 2.99. The molecular formula is C11H16N2O. The minimum Gasteiger partial charge on any atom is -0.393 e. The second kappa shape index (κ2) is 4.42. The number of aliphatic hydroxyl groups excluding tert-OH is 1. The summed E-state index contributed by atoms with van der Waals surface area (Å²) >= 11 is 0. The molecule has 0 saturated heterocycles. The molecule has 0 radical (unpaired) electrons. The SMILES string of the molecule is OC1CCC(Nc2ccncc2)CC1. The van der Waals surface area contributed by atoms with Crippen LogP contribution in [0.4, 0.5) is 5.69 Å². The Morgan fingerprint density at radius 3 is 2.43 bits per heavy atom. The molecule has 0 bridgehead atoms. The van der Waals surface area contributed by atoms with Crippen LogP contribution in [0, 0.1) is 0 Å². The van der Waals surface area contributed by atoms with Gasteiger partial charge in [-0.25, -0.2) is 0 Å². The molecule has 0 aliphatic heterocycles. The number of rotatable bonds is 2. The number of nitrogens with one attached hydrogen (secondary N) is 1. The molecule has 1 heterocycles. The van der Waals surface area contributed by atoms with Gasteiger partial charge in [-0.05, 0) is 37.8 Å². The highest BCUT2D eigenvalue weighted by Crippen LogP contribution is 2.21. The van der Waals surface area contributed by atoms with E-state index in [2.05, 4.69) is 10.3 Å². The largest absolute Gasteiger partial charge is 0.393 e. The van der Waals surface area contributed by atoms with Crippen molar-refractivity contribution in [1.82, 2.24) is 4.98 Å². The summed E-state index contributed by atoms with van der Waals surface area (Å²) in [7, 11) is 0. The van der Waals surface area contributed by atoms with E-state index in [9.17, 15) is 5.11 Å². The predicted octanol–water partition coefficient (Wildman–Crippen LogP) is 1.80. The van der Waals surface area contributed by atoms with Crippen LogP contribution in [-0.2, 0) is 0 Å². The van der Waals surface area contributed by atoms with Crippen LogP contribution in [0.25, 0.3) is 0 Å². The van der Waals surface area contributed by atoms with Gasteiger partial charge in [-0.2, -0.15) is 0 Å². The molecule has 1 aromatic heterocycles. The van der Waals surface area contributed by atoms with Crippen molar-refractivity contribution in [3.8, 4) is 0 Å². The number of hydrogen-bond acceptors (Lipinski definition) is 3. The minimum absolute atomic E-state index is 0.0782. The molecule has 0 spiro atoms. The van der Waals surface area contributed by atoms with Crippen LogP contribution in [-0.4, -0.2) is 22.2 Å². The number of anilines is 1. The highest BCUT2D eigenvalue weighted by Gasteiger charge is 2.18. The maximum atomic E-state index is 9.36. The third-order valence-corrected chi connectivity index (χ3v) is 2.75. The topological polar surface area (TPSA) is 45.1 Å². The van der Waals surface area contributed by atoms with Gasteiger partial charge in [0.25, 0.3) is 0 Å². The van der Waals surface area contributed by atoms with Gasteiger partial charge in [0.1, 0.15) is 0 Å². The molecule has 0 aromatic carbocycles. The van der Waals surface area contributed by atoms with Crippen molar-refractivity contribution in [3.63, 3.8) is 0 Å². The summed E-state index contributed by atoms with van der Waals surface area (Å²) in [4.78, 5) is 3.97. The standard InChI is InChI=1S/C11H16N2O/c14-11-3-1-9(2-4-11)13-10-5-7-12-8-6-10/h5-9,11,14H,1-4H2,(H,12,13). The average molecular weight is 192 g/mol. The van der Waals surface area contributed by atoms with Gasteiger partial charge in [0.05, 0.1) is 6.10 Å². The Morgan fingerprint density at radius 2 is 1.79 bits per heavy atom. The van der Waals surface area contributed by atoms with E-state index >= 15 is 0 Å². The van der Waals surface area contributed by atoms with E-state index in [1.807, 2.05) is 12.1 Å². The fourth-order valence-corrected chi connectivity index (χ4v) is 1.90. The molecule has 76 valence electrons. The number of nitrogens with zero attached hydrogens (tertiary/aromatic N) is 1. The van der Waals surface area contributed by atoms with Crippen molar-refractivity contribution in [2.24, 2.45) is 0 Å². The van der Waals surface area contributed by atoms with Gasteiger partial charge in [-0.15, -0.1) is 0 Å². The maximum absolute atomic E-state index is 9.36. The summed E-state index contributed by atoms with van der Waals surface area (Å²) < 4.78 is 0. The molecule has 3 nitrogen and oxygen atoms in total. The first kappa shape index (κ1) is 9.46. The van der Waals surface area contributed by atoms with Crippen LogP contribution in [0.2, 0.25) is 0 Å². The van der Waals surface area contributed by atoms with E-state index in [0.29, 0.717) is 6.04 Å². The highest BCUT2D eigenvalue weighted by molar-refractivity contribution is 5.41. The van der Waals surface area contributed by atoms with E-state index in [1.54, 1.807) is 12.4 Å². The van der Waals surface area contributed by atoms with Gasteiger partial charge in [0.2, 0.25) is 0 Å². The third kappa shape index (κ3) is 2.45. The number of aliphatic hydroxyl groups is 1. The van der Waals surface area contributed by atoms with Crippen LogP contribution in [0.5, 0.6) is 0 Å². The molecule has 14 heavy (non-hydrogen) atoms. The van der Waals surface area contributed by atoms with E-state index < -0.39 is 0 Å². The van der Waals surface area contributed by atoms with Crippen LogP contribution in [0.3, 0.4) is 0 Å². The number of pyridine rings is 1. The van der Waals surface area contributed by atoms with E-state index in [-0.39, 0.29) is 6.10 Å². The zero-order valence-corrected chi connectivity index (χ0v) is 8.19. The summed E-state index contributed by atoms with van der Waals surface area (Å²) in [5.41, 5.74) is 1.13. The zero-order chi connectivity index (χ0) is 9.80. The van der Waals surface area contributed by atoms with Crippen molar-refractivity contribution in [3.05, 3.63) is 24.5 Å². The van der Waals surface area contributed by atoms with Crippen molar-refractivity contribution in [1.29, 1.82) is 0 Å². The molecule has 2 N–H and O–H groups in total. The Balaban J connectivity index is 1.87. The first-order valence-corrected chi connectivity index (χ1v) is 5.19. The van der Waals surface area contributed by atoms with Crippen molar-refractivity contribution in [2.75, 3.05) is 5.32 Å². The van der Waals surface area contributed by atoms with Crippen molar-refractivity contribution in [2.45, 2.75) is 37.8 Å². The molecule has 1 aromatic rings. The molecule has 1 aliphatic rings. The van der Waals surface area contributed by atoms with Crippen molar-refractivity contribution < 1.29 is 5.11 Å². The lowest BCUT2D eigenvalue weighted by Crippen LogP contribution is -2.28. The van der Waals surface area contributed by atoms with Gasteiger partial charge < -0.3 is 10.4 Å². The normalized spacial score (nSPS) is 27.2. The Morgan fingerprint density at radius 1 is 1.14 bits per heavy atom. The summed E-state index contributed by atoms with van der Waals surface area (Å²) in [6.45, 7) is 0. The molecular weight excluding hydrogens is 176 g/mol. The summed E-state index contributed by atoms with van der Waals surface area (Å²) in [5, 5.41) is 12.8. The lowest BCUT2D eigenvalue weighted by molar-refractivity contribution is 0.126. The van der Waals surface area contributed by atoms with Gasteiger partial charge in [0.15, 0.2) is 0 Å². The lowest BCUT2D eigenvalue weighted by Gasteiger charge is -2.26. The molecule has 0 unspecified atom stereocenters. The molecule has 2 rings (SSSR count). The van der Waals surface area contributed by atoms with Gasteiger partial charge in [-0.1, -0.05) is 0 Å². The first-order chi connectivity index (χ1) is 6.84. The smallest absolute Gasteiger partial charge is 0.0541 e. The van der Waals surface area contributed by atoms with Crippen molar-refractivity contribution >= 4 is 5.69 Å². The second-order valence-corrected chi connectivity index (χ2v) is 3.89. The molecule has 0 atom stereocenters. The third-order valence-electron chi connectivity index (χ3n) is 2.75. The Hall–Kier alpha value is -1.09. The van der Waals surface area contributed by atoms with E-state index in [0.717, 1.165) is 31.4 Å². The van der Waals surface area contributed by atoms with Crippen LogP contribution >= 0.6 is 0 Å². The predicted molar refractivity (Wildman–Crippen MR) is 56.1 cm³/mol. The fourth-order valence-electron chi connectivity index (χ4n) is 1.90. The number of hydrogen-bond donors (Lipinski definition) is 2. The molecule has 0 amide bonds. The van der Waals surface area contributed by atoms with Gasteiger partial charge in [-0.3, -0.25) is 4.98 Å². The van der Waals surface area contributed by atoms with Crippen LogP contribution < -0.4 is 5.32 Å². The maximum Gasteiger partial charge on any atom is 0.0541 e.